The Morgan fingerprint density at radius 2 is 1.68 bits per heavy atom. The first-order valence-electron chi connectivity index (χ1n) is 14.5. The third-order valence-electron chi connectivity index (χ3n) is 7.70. The van der Waals surface area contributed by atoms with E-state index in [4.69, 9.17) is 4.74 Å². The number of anilines is 1. The molecule has 2 fully saturated rings. The van der Waals surface area contributed by atoms with E-state index in [0.29, 0.717) is 10.8 Å². The summed E-state index contributed by atoms with van der Waals surface area (Å²) in [6.07, 6.45) is 5.62. The molecule has 0 aliphatic carbocycles. The van der Waals surface area contributed by atoms with Crippen LogP contribution in [0.5, 0.6) is 0 Å². The van der Waals surface area contributed by atoms with Crippen LogP contribution >= 0.6 is 11.3 Å². The van der Waals surface area contributed by atoms with Crippen molar-refractivity contribution in [1.29, 1.82) is 0 Å². The fraction of sp³-hybridized carbons (Fsp3) is 0.406. The van der Waals surface area contributed by atoms with Crippen molar-refractivity contribution in [3.05, 3.63) is 82.9 Å². The molecule has 2 aliphatic heterocycles. The maximum absolute atomic E-state index is 13.5. The maximum Gasteiger partial charge on any atom is 0.429 e. The number of ether oxygens (including phenoxy) is 1. The van der Waals surface area contributed by atoms with Gasteiger partial charge >= 0.3 is 6.09 Å². The van der Waals surface area contributed by atoms with E-state index < -0.39 is 6.09 Å². The van der Waals surface area contributed by atoms with Gasteiger partial charge in [0, 0.05) is 36.7 Å². The van der Waals surface area contributed by atoms with Crippen molar-refractivity contribution >= 4 is 29.0 Å². The van der Waals surface area contributed by atoms with Crippen LogP contribution in [0, 0.1) is 12.3 Å². The topological polar surface area (TPSA) is 85.4 Å². The van der Waals surface area contributed by atoms with Gasteiger partial charge < -0.3 is 15.2 Å². The highest BCUT2D eigenvalue weighted by Crippen LogP contribution is 2.33. The summed E-state index contributed by atoms with van der Waals surface area (Å²) < 4.78 is 5.71. The number of carbonyl (C=O) groups excluding carboxylic acids is 2. The molecule has 8 nitrogen and oxygen atoms in total. The van der Waals surface area contributed by atoms with E-state index in [-0.39, 0.29) is 25.7 Å². The number of nitrogens with zero attached hydrogens (tertiary/aromatic N) is 3. The summed E-state index contributed by atoms with van der Waals surface area (Å²) in [7, 11) is 0. The number of thiophene rings is 1. The predicted octanol–water partition coefficient (Wildman–Crippen LogP) is 5.21. The van der Waals surface area contributed by atoms with Gasteiger partial charge in [-0.25, -0.2) is 14.8 Å². The molecule has 41 heavy (non-hydrogen) atoms. The van der Waals surface area contributed by atoms with Crippen molar-refractivity contribution in [2.75, 3.05) is 50.9 Å². The lowest BCUT2D eigenvalue weighted by atomic mass is 9.98. The summed E-state index contributed by atoms with van der Waals surface area (Å²) in [5, 5.41) is 15.9. The highest BCUT2D eigenvalue weighted by molar-refractivity contribution is 7.14. The van der Waals surface area contributed by atoms with E-state index in [1.807, 2.05) is 71.7 Å². The fourth-order valence-corrected chi connectivity index (χ4v) is 6.37. The second kappa shape index (κ2) is 14.6. The summed E-state index contributed by atoms with van der Waals surface area (Å²) in [5.74, 6) is 0.253. The number of aliphatic hydroxyl groups excluding tert-OH is 1. The van der Waals surface area contributed by atoms with Gasteiger partial charge in [-0.2, -0.15) is 0 Å². The van der Waals surface area contributed by atoms with Gasteiger partial charge in [-0.1, -0.05) is 48.5 Å². The number of likely N-dealkylation sites (tertiary alicyclic amines) is 1. The summed E-state index contributed by atoms with van der Waals surface area (Å²) in [6, 6.07) is 21.8. The summed E-state index contributed by atoms with van der Waals surface area (Å²) in [5.41, 5.74) is 2.77. The number of carbonyl (C=O) groups is 2. The molecule has 2 amide bonds. The molecule has 2 aliphatic rings. The van der Waals surface area contributed by atoms with Crippen molar-refractivity contribution in [1.82, 2.24) is 15.2 Å². The molecule has 2 saturated heterocycles. The van der Waals surface area contributed by atoms with Crippen molar-refractivity contribution < 1.29 is 19.4 Å². The molecular formula is C32H39N4O4S. The highest BCUT2D eigenvalue weighted by atomic mass is 32.1. The van der Waals surface area contributed by atoms with Gasteiger partial charge in [-0.3, -0.25) is 9.69 Å². The minimum Gasteiger partial charge on any atom is -0.446 e. The number of rotatable bonds is 10. The zero-order valence-electron chi connectivity index (χ0n) is 23.4. The van der Waals surface area contributed by atoms with Crippen molar-refractivity contribution in [3.63, 3.8) is 0 Å². The Labute approximate surface area is 246 Å². The van der Waals surface area contributed by atoms with E-state index in [0.717, 1.165) is 80.1 Å². The maximum atomic E-state index is 13.5. The largest absolute Gasteiger partial charge is 0.446 e. The smallest absolute Gasteiger partial charge is 0.429 e. The molecule has 3 aromatic rings. The normalized spacial score (nSPS) is 16.8. The zero-order chi connectivity index (χ0) is 28.4. The number of hydrogen-bond donors (Lipinski definition) is 2. The standard InChI is InChI=1S/C32H39N4O4S/c37-24-25-15-20-34(21-16-25)23-27-13-14-30(41-27)31(38)33-17-22-40-32(39)36(35-18-7-2-8-19-35)29-12-6-5-11-28(29)26-9-3-1-4-10-26/h1-6,9-14,25,37H,7-8,15-24H2,(H,33,38). The van der Waals surface area contributed by atoms with Crippen molar-refractivity contribution in [2.24, 2.45) is 5.92 Å². The summed E-state index contributed by atoms with van der Waals surface area (Å²) in [6.45, 7) is 4.80. The lowest BCUT2D eigenvalue weighted by molar-refractivity contribution is 0.0931. The molecule has 1 radical (unpaired) electrons. The third kappa shape index (κ3) is 7.74. The van der Waals surface area contributed by atoms with E-state index in [1.54, 1.807) is 5.01 Å². The van der Waals surface area contributed by atoms with Gasteiger partial charge in [-0.15, -0.1) is 11.3 Å². The Hall–Kier alpha value is -3.24. The van der Waals surface area contributed by atoms with Gasteiger partial charge in [0.05, 0.1) is 17.1 Å². The molecule has 2 aromatic carbocycles. The molecule has 3 heterocycles. The second-order valence-electron chi connectivity index (χ2n) is 10.6. The molecule has 0 saturated carbocycles. The van der Waals surface area contributed by atoms with E-state index >= 15 is 0 Å². The van der Waals surface area contributed by atoms with Crippen LogP contribution < -0.4 is 10.3 Å². The minimum absolute atomic E-state index is 0.0760. The van der Waals surface area contributed by atoms with Gasteiger partial charge in [-0.05, 0) is 74.9 Å². The molecule has 5 rings (SSSR count). The zero-order valence-corrected chi connectivity index (χ0v) is 24.2. The Balaban J connectivity index is 1.16. The molecule has 9 heteroatoms. The Bertz CT molecular complexity index is 1270. The van der Waals surface area contributed by atoms with Gasteiger partial charge in [0.15, 0.2) is 0 Å². The average molecular weight is 576 g/mol. The number of hydrazine groups is 1. The number of piperidine rings is 2. The van der Waals surface area contributed by atoms with Gasteiger partial charge in [0.2, 0.25) is 0 Å². The van der Waals surface area contributed by atoms with E-state index in [1.165, 1.54) is 11.3 Å². The van der Waals surface area contributed by atoms with Crippen LogP contribution in [0.25, 0.3) is 11.1 Å². The summed E-state index contributed by atoms with van der Waals surface area (Å²) >= 11 is 1.50. The molecule has 1 aromatic heterocycles. The second-order valence-corrected chi connectivity index (χ2v) is 11.7. The molecule has 2 N–H and O–H groups in total. The van der Waals surface area contributed by atoms with Crippen molar-refractivity contribution in [2.45, 2.75) is 32.2 Å². The SMILES string of the molecule is O=C(NCCOC(=O)N(c1ccccc1-c1ccccc1)N1CC[CH]CC1)c1ccc(CN2CCC(CO)CC2)s1. The van der Waals surface area contributed by atoms with Gasteiger partial charge in [0.1, 0.15) is 6.61 Å². The minimum atomic E-state index is -0.451. The van der Waals surface area contributed by atoms with Crippen LogP contribution in [0.1, 0.15) is 40.2 Å². The monoisotopic (exact) mass is 575 g/mol. The van der Waals surface area contributed by atoms with Crippen LogP contribution in [0.3, 0.4) is 0 Å². The first-order chi connectivity index (χ1) is 20.1. The quantitative estimate of drug-likeness (QED) is 0.323. The first-order valence-corrected chi connectivity index (χ1v) is 15.3. The van der Waals surface area contributed by atoms with Crippen LogP contribution in [-0.2, 0) is 11.3 Å². The van der Waals surface area contributed by atoms with Crippen LogP contribution in [0.15, 0.2) is 66.7 Å². The van der Waals surface area contributed by atoms with Gasteiger partial charge in [0.25, 0.3) is 5.91 Å². The molecule has 0 unspecified atom stereocenters. The Morgan fingerprint density at radius 3 is 2.44 bits per heavy atom. The molecular weight excluding hydrogens is 536 g/mol. The van der Waals surface area contributed by atoms with Crippen LogP contribution in [0.4, 0.5) is 10.5 Å². The number of benzene rings is 2. The third-order valence-corrected chi connectivity index (χ3v) is 8.77. The highest BCUT2D eigenvalue weighted by Gasteiger charge is 2.28. The predicted molar refractivity (Wildman–Crippen MR) is 163 cm³/mol. The van der Waals surface area contributed by atoms with E-state index in [2.05, 4.69) is 16.6 Å². The first kappa shape index (κ1) is 29.3. The lowest BCUT2D eigenvalue weighted by Gasteiger charge is -2.37. The Morgan fingerprint density at radius 1 is 0.951 bits per heavy atom. The molecule has 217 valence electrons. The Kier molecular flexibility index (Phi) is 10.4. The average Bonchev–Trinajstić information content (AvgIpc) is 3.49. The van der Waals surface area contributed by atoms with Crippen LogP contribution in [-0.4, -0.2) is 73.0 Å². The number of nitrogens with one attached hydrogen (secondary N) is 1. The molecule has 0 atom stereocenters. The fourth-order valence-electron chi connectivity index (χ4n) is 5.41. The summed E-state index contributed by atoms with van der Waals surface area (Å²) in [4.78, 5) is 30.4. The lowest BCUT2D eigenvalue weighted by Crippen LogP contribution is -2.50. The van der Waals surface area contributed by atoms with Crippen LogP contribution in [0.2, 0.25) is 0 Å². The number of amides is 2. The number of aliphatic hydroxyl groups is 1. The number of hydrogen-bond acceptors (Lipinski definition) is 7. The molecule has 0 spiro atoms. The molecule has 0 bridgehead atoms. The van der Waals surface area contributed by atoms with Crippen molar-refractivity contribution in [3.8, 4) is 11.1 Å². The van der Waals surface area contributed by atoms with E-state index in [9.17, 15) is 14.7 Å². The number of para-hydroxylation sites is 1.